The molecule has 34 heavy (non-hydrogen) atoms. The van der Waals surface area contributed by atoms with Crippen LogP contribution >= 0.6 is 11.8 Å². The maximum absolute atomic E-state index is 12.8. The Bertz CT molecular complexity index is 1190. The third-order valence-corrected chi connectivity index (χ3v) is 7.07. The number of thioether (sulfide) groups is 1. The number of aromatic nitrogens is 4. The highest BCUT2D eigenvalue weighted by atomic mass is 32.2. The number of amides is 1. The average Bonchev–Trinajstić information content (AvgIpc) is 3.49. The SMILES string of the molecule is O=C(N[C@@H](CSCc1ccccc1)Cn1cnnn1)OCC1c2ccccc2-c2ccccc21. The Kier molecular flexibility index (Phi) is 6.86. The number of tetrazole rings is 1. The summed E-state index contributed by atoms with van der Waals surface area (Å²) >= 11 is 1.75. The summed E-state index contributed by atoms with van der Waals surface area (Å²) in [5.41, 5.74) is 6.05. The molecule has 7 nitrogen and oxygen atoms in total. The van der Waals surface area contributed by atoms with Gasteiger partial charge in [-0.1, -0.05) is 78.9 Å². The van der Waals surface area contributed by atoms with Crippen molar-refractivity contribution in [1.82, 2.24) is 25.5 Å². The standard InChI is InChI=1S/C26H25N5O2S/c32-26(33-15-25-23-12-6-4-10-21(23)22-11-5-7-13-24(22)25)28-20(14-31-18-27-29-30-31)17-34-16-19-8-2-1-3-9-19/h1-13,18,20,25H,14-17H2,(H,28,32)/t20-/m1/s1. The van der Waals surface area contributed by atoms with Gasteiger partial charge in [0.25, 0.3) is 0 Å². The van der Waals surface area contributed by atoms with Crippen molar-refractivity contribution in [3.63, 3.8) is 0 Å². The molecule has 1 atom stereocenters. The number of nitrogens with one attached hydrogen (secondary N) is 1. The number of benzene rings is 3. The van der Waals surface area contributed by atoms with Crippen LogP contribution in [0.3, 0.4) is 0 Å². The quantitative estimate of drug-likeness (QED) is 0.387. The summed E-state index contributed by atoms with van der Waals surface area (Å²) < 4.78 is 7.36. The Morgan fingerprint density at radius 2 is 1.65 bits per heavy atom. The normalized spacial score (nSPS) is 13.2. The van der Waals surface area contributed by atoms with Gasteiger partial charge in [0.1, 0.15) is 12.9 Å². The molecule has 0 saturated heterocycles. The molecule has 1 N–H and O–H groups in total. The minimum absolute atomic E-state index is 0.0311. The summed E-state index contributed by atoms with van der Waals surface area (Å²) in [5, 5.41) is 14.3. The Morgan fingerprint density at radius 1 is 0.971 bits per heavy atom. The molecule has 1 amide bonds. The summed E-state index contributed by atoms with van der Waals surface area (Å²) in [6.07, 6.45) is 1.12. The molecule has 0 bridgehead atoms. The fourth-order valence-corrected chi connectivity index (χ4v) is 5.35. The van der Waals surface area contributed by atoms with Crippen LogP contribution in [0, 0.1) is 0 Å². The number of carbonyl (C=O) groups excluding carboxylic acids is 1. The molecule has 5 rings (SSSR count). The number of hydrogen-bond donors (Lipinski definition) is 1. The van der Waals surface area contributed by atoms with Gasteiger partial charge in [-0.25, -0.2) is 9.48 Å². The lowest BCUT2D eigenvalue weighted by Gasteiger charge is -2.19. The summed E-state index contributed by atoms with van der Waals surface area (Å²) in [6.45, 7) is 0.758. The Labute approximate surface area is 202 Å². The molecule has 0 fully saturated rings. The molecule has 0 aliphatic heterocycles. The van der Waals surface area contributed by atoms with Crippen molar-refractivity contribution in [1.29, 1.82) is 0 Å². The van der Waals surface area contributed by atoms with Crippen LogP contribution in [0.15, 0.2) is 85.2 Å². The van der Waals surface area contributed by atoms with Crippen molar-refractivity contribution in [2.75, 3.05) is 12.4 Å². The Morgan fingerprint density at radius 3 is 2.32 bits per heavy atom. The molecule has 8 heteroatoms. The second kappa shape index (κ2) is 10.5. The minimum Gasteiger partial charge on any atom is -0.449 e. The zero-order valence-corrected chi connectivity index (χ0v) is 19.4. The van der Waals surface area contributed by atoms with Crippen molar-refractivity contribution in [2.24, 2.45) is 0 Å². The second-order valence-electron chi connectivity index (χ2n) is 8.20. The predicted molar refractivity (Wildman–Crippen MR) is 132 cm³/mol. The van der Waals surface area contributed by atoms with Crippen molar-refractivity contribution in [3.05, 3.63) is 102 Å². The van der Waals surface area contributed by atoms with Gasteiger partial charge in [0, 0.05) is 17.4 Å². The first-order valence-electron chi connectivity index (χ1n) is 11.2. The van der Waals surface area contributed by atoms with Gasteiger partial charge in [-0.15, -0.1) is 5.10 Å². The molecule has 0 spiro atoms. The summed E-state index contributed by atoms with van der Waals surface area (Å²) in [6, 6.07) is 26.7. The average molecular weight is 472 g/mol. The van der Waals surface area contributed by atoms with Crippen molar-refractivity contribution in [3.8, 4) is 11.1 Å². The first-order valence-corrected chi connectivity index (χ1v) is 12.4. The molecule has 4 aromatic rings. The number of ether oxygens (including phenoxy) is 1. The van der Waals surface area contributed by atoms with Crippen molar-refractivity contribution in [2.45, 2.75) is 24.3 Å². The maximum atomic E-state index is 12.8. The zero-order chi connectivity index (χ0) is 23.2. The lowest BCUT2D eigenvalue weighted by molar-refractivity contribution is 0.139. The molecule has 1 heterocycles. The molecule has 0 unspecified atom stereocenters. The summed E-state index contributed by atoms with van der Waals surface area (Å²) in [7, 11) is 0. The van der Waals surface area contributed by atoms with E-state index in [0.717, 1.165) is 5.75 Å². The number of rotatable bonds is 9. The van der Waals surface area contributed by atoms with E-state index in [0.29, 0.717) is 12.3 Å². The van der Waals surface area contributed by atoms with Gasteiger partial charge in [0.05, 0.1) is 12.6 Å². The van der Waals surface area contributed by atoms with E-state index in [1.54, 1.807) is 22.8 Å². The highest BCUT2D eigenvalue weighted by molar-refractivity contribution is 7.98. The fourth-order valence-electron chi connectivity index (χ4n) is 4.33. The van der Waals surface area contributed by atoms with E-state index >= 15 is 0 Å². The van der Waals surface area contributed by atoms with Crippen LogP contribution in [-0.2, 0) is 17.0 Å². The Hall–Kier alpha value is -3.65. The van der Waals surface area contributed by atoms with Crippen LogP contribution in [0.2, 0.25) is 0 Å². The lowest BCUT2D eigenvalue weighted by Crippen LogP contribution is -2.40. The number of fused-ring (bicyclic) bond motifs is 3. The van der Waals surface area contributed by atoms with Crippen LogP contribution in [-0.4, -0.2) is 44.7 Å². The number of alkyl carbamates (subject to hydrolysis) is 1. The molecule has 1 aliphatic carbocycles. The minimum atomic E-state index is -0.430. The molecule has 1 aromatic heterocycles. The molecule has 172 valence electrons. The van der Waals surface area contributed by atoms with Gasteiger partial charge in [-0.3, -0.25) is 0 Å². The lowest BCUT2D eigenvalue weighted by atomic mass is 9.98. The van der Waals surface area contributed by atoms with Crippen molar-refractivity contribution >= 4 is 17.9 Å². The maximum Gasteiger partial charge on any atom is 0.407 e. The molecular formula is C26H25N5O2S. The van der Waals surface area contributed by atoms with Gasteiger partial charge >= 0.3 is 6.09 Å². The molecule has 3 aromatic carbocycles. The first kappa shape index (κ1) is 22.2. The van der Waals surface area contributed by atoms with Crippen LogP contribution < -0.4 is 5.32 Å². The fraction of sp³-hybridized carbons (Fsp3) is 0.231. The van der Waals surface area contributed by atoms with Gasteiger partial charge < -0.3 is 10.1 Å². The predicted octanol–water partition coefficient (Wildman–Crippen LogP) is 4.51. The van der Waals surface area contributed by atoms with Crippen LogP contribution in [0.1, 0.15) is 22.6 Å². The number of hydrogen-bond acceptors (Lipinski definition) is 6. The summed E-state index contributed by atoms with van der Waals surface area (Å²) in [5.74, 6) is 1.60. The van der Waals surface area contributed by atoms with Gasteiger partial charge in [-0.2, -0.15) is 11.8 Å². The molecule has 1 aliphatic rings. The molecule has 0 radical (unpaired) electrons. The van der Waals surface area contributed by atoms with Crippen LogP contribution in [0.25, 0.3) is 11.1 Å². The van der Waals surface area contributed by atoms with Crippen LogP contribution in [0.4, 0.5) is 4.79 Å². The summed E-state index contributed by atoms with van der Waals surface area (Å²) in [4.78, 5) is 12.8. The molecule has 0 saturated carbocycles. The van der Waals surface area contributed by atoms with Crippen LogP contribution in [0.5, 0.6) is 0 Å². The highest BCUT2D eigenvalue weighted by Gasteiger charge is 2.29. The van der Waals surface area contributed by atoms with E-state index in [1.807, 2.05) is 42.5 Å². The smallest absolute Gasteiger partial charge is 0.407 e. The van der Waals surface area contributed by atoms with E-state index in [2.05, 4.69) is 57.2 Å². The third kappa shape index (κ3) is 5.12. The van der Waals surface area contributed by atoms with Gasteiger partial charge in [-0.05, 0) is 38.2 Å². The highest BCUT2D eigenvalue weighted by Crippen LogP contribution is 2.44. The monoisotopic (exact) mass is 471 g/mol. The van der Waals surface area contributed by atoms with E-state index < -0.39 is 6.09 Å². The third-order valence-electron chi connectivity index (χ3n) is 5.90. The number of carbonyl (C=O) groups is 1. The van der Waals surface area contributed by atoms with E-state index in [1.165, 1.54) is 27.8 Å². The van der Waals surface area contributed by atoms with E-state index in [4.69, 9.17) is 4.74 Å². The van der Waals surface area contributed by atoms with Gasteiger partial charge in [0.15, 0.2) is 0 Å². The van der Waals surface area contributed by atoms with Crippen molar-refractivity contribution < 1.29 is 9.53 Å². The zero-order valence-electron chi connectivity index (χ0n) is 18.6. The van der Waals surface area contributed by atoms with Gasteiger partial charge in [0.2, 0.25) is 0 Å². The van der Waals surface area contributed by atoms with E-state index in [-0.39, 0.29) is 18.6 Å². The topological polar surface area (TPSA) is 81.9 Å². The largest absolute Gasteiger partial charge is 0.449 e. The Balaban J connectivity index is 1.21. The second-order valence-corrected chi connectivity index (χ2v) is 9.23. The first-order chi connectivity index (χ1) is 16.8. The molecular weight excluding hydrogens is 446 g/mol. The number of nitrogens with zero attached hydrogens (tertiary/aromatic N) is 4. The van der Waals surface area contributed by atoms with E-state index in [9.17, 15) is 4.79 Å².